The minimum Gasteiger partial charge on any atom is -0.309 e. The zero-order valence-corrected chi connectivity index (χ0v) is 47.4. The molecule has 1 saturated carbocycles. The predicted octanol–water partition coefficient (Wildman–Crippen LogP) is 21.2. The lowest BCUT2D eigenvalue weighted by Gasteiger charge is -2.37. The van der Waals surface area contributed by atoms with Crippen LogP contribution in [0.2, 0.25) is 0 Å². The second-order valence-electron chi connectivity index (χ2n) is 23.3. The first-order valence-corrected chi connectivity index (χ1v) is 30.2. The fourth-order valence-corrected chi connectivity index (χ4v) is 14.5. The molecule has 406 valence electrons. The molecule has 5 heteroatoms. The Morgan fingerprint density at radius 1 is 0.279 bits per heavy atom. The Balaban J connectivity index is 0.871. The molecular weight excluding hydrogens is 1040 g/mol. The minimum absolute atomic E-state index is 0.399. The first-order valence-electron chi connectivity index (χ1n) is 30.2. The predicted molar refractivity (Wildman–Crippen MR) is 356 cm³/mol. The molecule has 15 aromatic rings. The molecule has 17 rings (SSSR count). The highest BCUT2D eigenvalue weighted by Gasteiger charge is 2.35. The summed E-state index contributed by atoms with van der Waals surface area (Å²) in [6.07, 6.45) is 4.83. The van der Waals surface area contributed by atoms with Gasteiger partial charge in [0.05, 0.1) is 22.1 Å². The lowest BCUT2D eigenvalue weighted by molar-refractivity contribution is 0.387. The van der Waals surface area contributed by atoms with Gasteiger partial charge in [-0.05, 0) is 158 Å². The summed E-state index contributed by atoms with van der Waals surface area (Å²) >= 11 is 0. The monoisotopic (exact) mass is 1100 g/mol. The third-order valence-corrected chi connectivity index (χ3v) is 18.5. The van der Waals surface area contributed by atoms with E-state index in [9.17, 15) is 0 Å². The van der Waals surface area contributed by atoms with Crippen molar-refractivity contribution in [1.82, 2.24) is 24.1 Å². The van der Waals surface area contributed by atoms with Gasteiger partial charge in [-0.1, -0.05) is 237 Å². The molecule has 3 heterocycles. The van der Waals surface area contributed by atoms with Crippen LogP contribution in [0.25, 0.3) is 145 Å². The Morgan fingerprint density at radius 2 is 0.744 bits per heavy atom. The van der Waals surface area contributed by atoms with Crippen molar-refractivity contribution in [2.45, 2.75) is 37.5 Å². The smallest absolute Gasteiger partial charge is 0.238 e. The zero-order valence-electron chi connectivity index (χ0n) is 47.4. The van der Waals surface area contributed by atoms with Gasteiger partial charge in [-0.25, -0.2) is 4.98 Å². The van der Waals surface area contributed by atoms with E-state index in [0.717, 1.165) is 67.2 Å². The Kier molecular flexibility index (Phi) is 11.9. The van der Waals surface area contributed by atoms with Crippen LogP contribution in [0.1, 0.15) is 48.6 Å². The molecule has 0 aliphatic heterocycles. The van der Waals surface area contributed by atoms with E-state index in [-0.39, 0.29) is 0 Å². The van der Waals surface area contributed by atoms with Crippen LogP contribution < -0.4 is 0 Å². The van der Waals surface area contributed by atoms with Crippen molar-refractivity contribution in [1.29, 1.82) is 0 Å². The van der Waals surface area contributed by atoms with Crippen molar-refractivity contribution in [2.75, 3.05) is 0 Å². The molecule has 5 nitrogen and oxygen atoms in total. The Morgan fingerprint density at radius 3 is 1.36 bits per heavy atom. The molecule has 2 atom stereocenters. The van der Waals surface area contributed by atoms with Crippen molar-refractivity contribution >= 4 is 43.6 Å². The standard InChI is InChI=1S/C81H57N5/c1-5-22-52(23-6-1)59-46-60(53-24-7-2-8-25-53)48-61(47-59)56-30-21-31-62(49-56)85-74-39-20-19-37-68(74)72-50-57(40-44-75(72)85)58-41-45-76-73(51-58)71-43-42-70-67-36-16-15-34-65(67)63-32-13-14-33-64(63)66-35-17-18-38-69(66)77(70)78(71)86(76)81-83-79(54-26-9-3-10-27-54)82-80(84-81)55-28-11-4-12-29-55/h1-12,15-31,34-51,63-64H,13-14,32-33H2. The molecule has 12 aromatic carbocycles. The maximum Gasteiger partial charge on any atom is 0.238 e. The van der Waals surface area contributed by atoms with Crippen LogP contribution in [0.15, 0.2) is 285 Å². The molecule has 2 unspecified atom stereocenters. The summed E-state index contributed by atoms with van der Waals surface area (Å²) in [5.74, 6) is 2.68. The minimum atomic E-state index is 0.399. The number of aromatic nitrogens is 5. The summed E-state index contributed by atoms with van der Waals surface area (Å²) in [6, 6.07) is 104. The van der Waals surface area contributed by atoms with E-state index in [4.69, 9.17) is 15.0 Å². The lowest BCUT2D eigenvalue weighted by atomic mass is 9.67. The first kappa shape index (κ1) is 49.8. The number of benzene rings is 12. The second kappa shape index (κ2) is 20.5. The molecule has 0 N–H and O–H groups in total. The quantitative estimate of drug-likeness (QED) is 0.152. The number of fused-ring (bicyclic) bond motifs is 15. The maximum atomic E-state index is 5.49. The van der Waals surface area contributed by atoms with Crippen molar-refractivity contribution in [2.24, 2.45) is 0 Å². The summed E-state index contributed by atoms with van der Waals surface area (Å²) < 4.78 is 4.80. The van der Waals surface area contributed by atoms with Crippen LogP contribution in [-0.2, 0) is 0 Å². The van der Waals surface area contributed by atoms with Crippen molar-refractivity contribution < 1.29 is 0 Å². The zero-order chi connectivity index (χ0) is 56.7. The summed E-state index contributed by atoms with van der Waals surface area (Å²) in [6.45, 7) is 0. The third kappa shape index (κ3) is 8.33. The number of rotatable bonds is 8. The molecular formula is C81H57N5. The van der Waals surface area contributed by atoms with Crippen LogP contribution in [0, 0.1) is 0 Å². The van der Waals surface area contributed by atoms with Gasteiger partial charge in [0, 0.05) is 43.9 Å². The fraction of sp³-hybridized carbons (Fsp3) is 0.0741. The highest BCUT2D eigenvalue weighted by Crippen LogP contribution is 2.55. The SMILES string of the molecule is c1ccc(-c2cc(-c3ccccc3)cc(-c3cccc(-n4c5ccccc5c5cc(-c6ccc7c(c6)c6ccc8c(c6n7-c6nc(-c7ccccc7)nc(-c7ccccc7)n6)-c6ccccc6C6CCCCC6c6ccccc6-8)ccc54)c3)c2)cc1. The van der Waals surface area contributed by atoms with Crippen LogP contribution in [0.3, 0.4) is 0 Å². The van der Waals surface area contributed by atoms with E-state index in [1.807, 2.05) is 12.1 Å². The molecule has 3 aromatic heterocycles. The van der Waals surface area contributed by atoms with E-state index < -0.39 is 0 Å². The normalized spacial score (nSPS) is 14.6. The van der Waals surface area contributed by atoms with Gasteiger partial charge in [-0.3, -0.25) is 4.57 Å². The van der Waals surface area contributed by atoms with Gasteiger partial charge in [0.2, 0.25) is 5.95 Å². The van der Waals surface area contributed by atoms with Gasteiger partial charge in [-0.2, -0.15) is 9.97 Å². The average Bonchev–Trinajstić information content (AvgIpc) is 1.98. The van der Waals surface area contributed by atoms with Gasteiger partial charge in [-0.15, -0.1) is 0 Å². The second-order valence-corrected chi connectivity index (χ2v) is 23.3. The molecule has 0 radical (unpaired) electrons. The molecule has 1 fully saturated rings. The Bertz CT molecular complexity index is 5000. The van der Waals surface area contributed by atoms with E-state index in [2.05, 4.69) is 282 Å². The number of hydrogen-bond donors (Lipinski definition) is 0. The summed E-state index contributed by atoms with van der Waals surface area (Å²) in [4.78, 5) is 16.2. The van der Waals surface area contributed by atoms with E-state index in [1.165, 1.54) is 96.7 Å². The van der Waals surface area contributed by atoms with Crippen molar-refractivity contribution in [3.63, 3.8) is 0 Å². The van der Waals surface area contributed by atoms with E-state index >= 15 is 0 Å². The van der Waals surface area contributed by atoms with Gasteiger partial charge in [0.25, 0.3) is 0 Å². The van der Waals surface area contributed by atoms with Crippen LogP contribution >= 0.6 is 0 Å². The van der Waals surface area contributed by atoms with Crippen LogP contribution in [0.4, 0.5) is 0 Å². The highest BCUT2D eigenvalue weighted by molar-refractivity contribution is 6.18. The van der Waals surface area contributed by atoms with Crippen molar-refractivity contribution in [3.05, 3.63) is 296 Å². The van der Waals surface area contributed by atoms with Crippen LogP contribution in [0.5, 0.6) is 0 Å². The lowest BCUT2D eigenvalue weighted by Crippen LogP contribution is -2.19. The average molecular weight is 1100 g/mol. The maximum absolute atomic E-state index is 5.49. The molecule has 2 aliphatic carbocycles. The topological polar surface area (TPSA) is 48.5 Å². The van der Waals surface area contributed by atoms with Gasteiger partial charge in [0.15, 0.2) is 11.6 Å². The molecule has 86 heavy (non-hydrogen) atoms. The Hall–Kier alpha value is -10.8. The molecule has 2 aliphatic rings. The summed E-state index contributed by atoms with van der Waals surface area (Å²) in [7, 11) is 0. The first-order chi connectivity index (χ1) is 42.6. The fourth-order valence-electron chi connectivity index (χ4n) is 14.5. The molecule has 0 amide bonds. The molecule has 0 spiro atoms. The van der Waals surface area contributed by atoms with E-state index in [1.54, 1.807) is 0 Å². The number of hydrogen-bond acceptors (Lipinski definition) is 3. The van der Waals surface area contributed by atoms with Gasteiger partial charge in [0.1, 0.15) is 0 Å². The summed E-state index contributed by atoms with van der Waals surface area (Å²) in [5, 5.41) is 4.70. The summed E-state index contributed by atoms with van der Waals surface area (Å²) in [5.41, 5.74) is 24.8. The largest absolute Gasteiger partial charge is 0.309 e. The number of nitrogens with zero attached hydrogens (tertiary/aromatic N) is 5. The highest BCUT2D eigenvalue weighted by atomic mass is 15.2. The number of para-hydroxylation sites is 1. The van der Waals surface area contributed by atoms with Gasteiger partial charge >= 0.3 is 0 Å². The molecule has 0 bridgehead atoms. The van der Waals surface area contributed by atoms with E-state index in [0.29, 0.717) is 29.4 Å². The Labute approximate surface area is 499 Å². The van der Waals surface area contributed by atoms with Gasteiger partial charge < -0.3 is 4.57 Å². The van der Waals surface area contributed by atoms with Crippen LogP contribution in [-0.4, -0.2) is 24.1 Å². The van der Waals surface area contributed by atoms with Crippen molar-refractivity contribution in [3.8, 4) is 101 Å². The molecule has 0 saturated heterocycles. The third-order valence-electron chi connectivity index (χ3n) is 18.5.